The zero-order valence-electron chi connectivity index (χ0n) is 14.9. The molecule has 0 atom stereocenters. The Hall–Kier alpha value is -2.79. The summed E-state index contributed by atoms with van der Waals surface area (Å²) in [6.07, 6.45) is 2.72. The maximum Gasteiger partial charge on any atom is 0.141 e. The second-order valence-corrected chi connectivity index (χ2v) is 7.14. The van der Waals surface area contributed by atoms with Crippen LogP contribution in [0.1, 0.15) is 11.5 Å². The van der Waals surface area contributed by atoms with Crippen LogP contribution in [0.2, 0.25) is 0 Å². The average molecular weight is 360 g/mol. The molecule has 0 radical (unpaired) electrons. The summed E-state index contributed by atoms with van der Waals surface area (Å²) >= 11 is 1.68. The number of fused-ring (bicyclic) bond motifs is 1. The number of aryl methyl sites for hydroxylation is 1. The largest absolute Gasteiger partial charge is 0.359 e. The number of hydrogen-bond acceptors (Lipinski definition) is 5. The van der Waals surface area contributed by atoms with E-state index < -0.39 is 0 Å². The first-order valence-electron chi connectivity index (χ1n) is 8.64. The van der Waals surface area contributed by atoms with Gasteiger partial charge in [-0.15, -0.1) is 11.3 Å². The van der Waals surface area contributed by atoms with Gasteiger partial charge in [-0.1, -0.05) is 36.4 Å². The maximum atomic E-state index is 4.77. The van der Waals surface area contributed by atoms with Crippen LogP contribution < -0.4 is 4.90 Å². The van der Waals surface area contributed by atoms with Gasteiger partial charge in [-0.3, -0.25) is 4.98 Å². The Morgan fingerprint density at radius 1 is 1.00 bits per heavy atom. The molecule has 26 heavy (non-hydrogen) atoms. The van der Waals surface area contributed by atoms with Gasteiger partial charge in [-0.2, -0.15) is 0 Å². The van der Waals surface area contributed by atoms with Crippen molar-refractivity contribution in [3.8, 4) is 11.1 Å². The molecule has 4 rings (SSSR count). The summed E-state index contributed by atoms with van der Waals surface area (Å²) in [5.41, 5.74) is 3.49. The minimum absolute atomic E-state index is 0.804. The fourth-order valence-corrected chi connectivity index (χ4v) is 4.06. The Morgan fingerprint density at radius 2 is 1.81 bits per heavy atom. The molecule has 0 aliphatic carbocycles. The summed E-state index contributed by atoms with van der Waals surface area (Å²) in [6, 6.07) is 16.5. The van der Waals surface area contributed by atoms with Crippen molar-refractivity contribution in [2.24, 2.45) is 0 Å². The Kier molecular flexibility index (Phi) is 4.63. The van der Waals surface area contributed by atoms with E-state index in [2.05, 4.69) is 57.6 Å². The SMILES string of the molecule is Cc1nc(N(C)CCc2ccccn2)c2c(-c3ccccc3)csc2n1. The fraction of sp³-hybridized carbons (Fsp3) is 0.190. The van der Waals surface area contributed by atoms with Gasteiger partial charge in [-0.05, 0) is 24.6 Å². The quantitative estimate of drug-likeness (QED) is 0.515. The molecular formula is C21H20N4S. The molecule has 0 spiro atoms. The summed E-state index contributed by atoms with van der Waals surface area (Å²) in [6.45, 7) is 2.81. The lowest BCUT2D eigenvalue weighted by molar-refractivity contribution is 0.837. The third-order valence-corrected chi connectivity index (χ3v) is 5.27. The highest BCUT2D eigenvalue weighted by Crippen LogP contribution is 2.37. The van der Waals surface area contributed by atoms with Crippen molar-refractivity contribution in [3.63, 3.8) is 0 Å². The van der Waals surface area contributed by atoms with Gasteiger partial charge in [0.25, 0.3) is 0 Å². The summed E-state index contributed by atoms with van der Waals surface area (Å²) in [5.74, 6) is 1.79. The highest BCUT2D eigenvalue weighted by atomic mass is 32.1. The smallest absolute Gasteiger partial charge is 0.141 e. The predicted molar refractivity (Wildman–Crippen MR) is 109 cm³/mol. The highest BCUT2D eigenvalue weighted by molar-refractivity contribution is 7.17. The molecule has 0 saturated carbocycles. The van der Waals surface area contributed by atoms with E-state index in [1.807, 2.05) is 31.3 Å². The van der Waals surface area contributed by atoms with Crippen LogP contribution in [0.25, 0.3) is 21.3 Å². The normalized spacial score (nSPS) is 11.0. The van der Waals surface area contributed by atoms with Gasteiger partial charge in [-0.25, -0.2) is 9.97 Å². The van der Waals surface area contributed by atoms with Crippen molar-refractivity contribution in [3.05, 3.63) is 71.6 Å². The van der Waals surface area contributed by atoms with Crippen LogP contribution >= 0.6 is 11.3 Å². The van der Waals surface area contributed by atoms with Crippen LogP contribution in [0.15, 0.2) is 60.1 Å². The molecule has 0 aliphatic rings. The molecule has 0 N–H and O–H groups in total. The highest BCUT2D eigenvalue weighted by Gasteiger charge is 2.17. The van der Waals surface area contributed by atoms with Crippen molar-refractivity contribution in [2.75, 3.05) is 18.5 Å². The van der Waals surface area contributed by atoms with Crippen LogP contribution in [0.4, 0.5) is 5.82 Å². The number of thiophene rings is 1. The lowest BCUT2D eigenvalue weighted by Gasteiger charge is -2.20. The van der Waals surface area contributed by atoms with Gasteiger partial charge >= 0.3 is 0 Å². The number of hydrogen-bond donors (Lipinski definition) is 0. The second kappa shape index (κ2) is 7.22. The van der Waals surface area contributed by atoms with Crippen LogP contribution in [0.5, 0.6) is 0 Å². The molecule has 0 saturated heterocycles. The molecule has 0 unspecified atom stereocenters. The first-order chi connectivity index (χ1) is 12.7. The van der Waals surface area contributed by atoms with Gasteiger partial charge in [0.15, 0.2) is 0 Å². The van der Waals surface area contributed by atoms with E-state index in [0.717, 1.165) is 40.5 Å². The first kappa shape index (κ1) is 16.7. The maximum absolute atomic E-state index is 4.77. The third-order valence-electron chi connectivity index (χ3n) is 4.40. The van der Waals surface area contributed by atoms with E-state index in [9.17, 15) is 0 Å². The number of aromatic nitrogens is 3. The molecule has 3 aromatic heterocycles. The number of rotatable bonds is 5. The Balaban J connectivity index is 1.72. The number of likely N-dealkylation sites (N-methyl/N-ethyl adjacent to an activating group) is 1. The lowest BCUT2D eigenvalue weighted by atomic mass is 10.1. The topological polar surface area (TPSA) is 41.9 Å². The van der Waals surface area contributed by atoms with Crippen molar-refractivity contribution in [1.82, 2.24) is 15.0 Å². The molecule has 5 heteroatoms. The molecule has 130 valence electrons. The first-order valence-corrected chi connectivity index (χ1v) is 9.52. The predicted octanol–water partition coefficient (Wildman–Crippen LogP) is 4.74. The summed E-state index contributed by atoms with van der Waals surface area (Å²) in [4.78, 5) is 17.1. The van der Waals surface area contributed by atoms with Gasteiger partial charge in [0.05, 0.1) is 5.39 Å². The van der Waals surface area contributed by atoms with E-state index in [1.165, 1.54) is 11.1 Å². The summed E-state index contributed by atoms with van der Waals surface area (Å²) in [7, 11) is 2.09. The molecule has 0 amide bonds. The number of anilines is 1. The van der Waals surface area contributed by atoms with E-state index >= 15 is 0 Å². The zero-order chi connectivity index (χ0) is 17.9. The second-order valence-electron chi connectivity index (χ2n) is 6.28. The molecule has 0 bridgehead atoms. The minimum atomic E-state index is 0.804. The van der Waals surface area contributed by atoms with Gasteiger partial charge in [0.1, 0.15) is 16.5 Å². The van der Waals surface area contributed by atoms with Crippen LogP contribution in [0, 0.1) is 6.92 Å². The van der Waals surface area contributed by atoms with Crippen molar-refractivity contribution < 1.29 is 0 Å². The van der Waals surface area contributed by atoms with Crippen molar-refractivity contribution in [1.29, 1.82) is 0 Å². The Bertz CT molecular complexity index is 1010. The number of benzene rings is 1. The molecular weight excluding hydrogens is 340 g/mol. The average Bonchev–Trinajstić information content (AvgIpc) is 3.10. The third kappa shape index (κ3) is 3.30. The van der Waals surface area contributed by atoms with E-state index in [0.29, 0.717) is 0 Å². The Morgan fingerprint density at radius 3 is 2.58 bits per heavy atom. The van der Waals surface area contributed by atoms with E-state index in [-0.39, 0.29) is 0 Å². The molecule has 3 heterocycles. The van der Waals surface area contributed by atoms with E-state index in [4.69, 9.17) is 4.98 Å². The molecule has 4 aromatic rings. The summed E-state index contributed by atoms with van der Waals surface area (Å²) in [5, 5.41) is 3.32. The summed E-state index contributed by atoms with van der Waals surface area (Å²) < 4.78 is 0. The molecule has 0 fully saturated rings. The monoisotopic (exact) mass is 360 g/mol. The molecule has 0 aliphatic heterocycles. The number of pyridine rings is 1. The van der Waals surface area contributed by atoms with Gasteiger partial charge in [0, 0.05) is 42.8 Å². The molecule has 4 nitrogen and oxygen atoms in total. The van der Waals surface area contributed by atoms with Crippen LogP contribution in [0.3, 0.4) is 0 Å². The molecule has 1 aromatic carbocycles. The van der Waals surface area contributed by atoms with Gasteiger partial charge in [0.2, 0.25) is 0 Å². The zero-order valence-corrected chi connectivity index (χ0v) is 15.7. The van der Waals surface area contributed by atoms with Crippen molar-refractivity contribution >= 4 is 27.4 Å². The standard InChI is InChI=1S/C21H20N4S/c1-15-23-20(25(2)13-11-17-10-6-7-12-22-17)19-18(14-26-21(19)24-15)16-8-4-3-5-9-16/h3-10,12,14H,11,13H2,1-2H3. The van der Waals surface area contributed by atoms with Crippen LogP contribution in [-0.2, 0) is 6.42 Å². The lowest BCUT2D eigenvalue weighted by Crippen LogP contribution is -2.22. The van der Waals surface area contributed by atoms with Gasteiger partial charge < -0.3 is 4.90 Å². The van der Waals surface area contributed by atoms with Crippen LogP contribution in [-0.4, -0.2) is 28.5 Å². The number of nitrogens with zero attached hydrogens (tertiary/aromatic N) is 4. The van der Waals surface area contributed by atoms with E-state index in [1.54, 1.807) is 11.3 Å². The Labute approximate surface area is 157 Å². The fourth-order valence-electron chi connectivity index (χ4n) is 3.07. The minimum Gasteiger partial charge on any atom is -0.359 e. The van der Waals surface area contributed by atoms with Crippen molar-refractivity contribution in [2.45, 2.75) is 13.3 Å².